The molecule has 1 fully saturated rings. The van der Waals surface area contributed by atoms with Crippen LogP contribution < -0.4 is 10.6 Å². The Kier molecular flexibility index (Phi) is 11.5. The SMILES string of the molecule is CCCCCCCCCCCCCC(=O)N[C@H]1CN[C@@H](C(=O)O)C1. The zero-order chi connectivity index (χ0) is 17.6. The maximum atomic E-state index is 11.8. The lowest BCUT2D eigenvalue weighted by Gasteiger charge is -2.11. The maximum absolute atomic E-state index is 11.8. The molecule has 1 heterocycles. The lowest BCUT2D eigenvalue weighted by molar-refractivity contribution is -0.139. The van der Waals surface area contributed by atoms with Crippen molar-refractivity contribution < 1.29 is 14.7 Å². The highest BCUT2D eigenvalue weighted by molar-refractivity contribution is 5.77. The monoisotopic (exact) mass is 340 g/mol. The molecule has 3 N–H and O–H groups in total. The molecule has 1 aliphatic heterocycles. The first-order valence-corrected chi connectivity index (χ1v) is 9.89. The second-order valence-corrected chi connectivity index (χ2v) is 7.08. The van der Waals surface area contributed by atoms with Crippen molar-refractivity contribution in [3.05, 3.63) is 0 Å². The molecule has 1 aliphatic rings. The molecule has 0 radical (unpaired) electrons. The fourth-order valence-electron chi connectivity index (χ4n) is 3.28. The van der Waals surface area contributed by atoms with Gasteiger partial charge in [0.25, 0.3) is 0 Å². The standard InChI is InChI=1S/C19H36N2O3/c1-2-3-4-5-6-7-8-9-10-11-12-13-18(22)21-16-14-17(19(23)24)20-15-16/h16-17,20H,2-15H2,1H3,(H,21,22)(H,23,24)/t16-,17-/m1/s1. The Bertz CT molecular complexity index is 361. The number of rotatable bonds is 14. The molecule has 0 spiro atoms. The first kappa shape index (κ1) is 20.9. The lowest BCUT2D eigenvalue weighted by atomic mass is 10.1. The van der Waals surface area contributed by atoms with Crippen molar-refractivity contribution in [3.63, 3.8) is 0 Å². The summed E-state index contributed by atoms with van der Waals surface area (Å²) in [6.45, 7) is 2.80. The van der Waals surface area contributed by atoms with Crippen molar-refractivity contribution in [2.24, 2.45) is 0 Å². The van der Waals surface area contributed by atoms with Crippen LogP contribution in [0.5, 0.6) is 0 Å². The van der Waals surface area contributed by atoms with E-state index in [1.807, 2.05) is 0 Å². The zero-order valence-electron chi connectivity index (χ0n) is 15.3. The predicted octanol–water partition coefficient (Wildman–Crippen LogP) is 3.62. The fraction of sp³-hybridized carbons (Fsp3) is 0.895. The van der Waals surface area contributed by atoms with Gasteiger partial charge in [0.2, 0.25) is 5.91 Å². The summed E-state index contributed by atoms with van der Waals surface area (Å²) in [6, 6.07) is -0.552. The molecule has 0 bridgehead atoms. The van der Waals surface area contributed by atoms with Gasteiger partial charge in [0, 0.05) is 19.0 Å². The smallest absolute Gasteiger partial charge is 0.320 e. The van der Waals surface area contributed by atoms with Crippen molar-refractivity contribution >= 4 is 11.9 Å². The van der Waals surface area contributed by atoms with Gasteiger partial charge in [0.1, 0.15) is 6.04 Å². The molecule has 24 heavy (non-hydrogen) atoms. The van der Waals surface area contributed by atoms with E-state index in [0.29, 0.717) is 19.4 Å². The van der Waals surface area contributed by atoms with E-state index < -0.39 is 12.0 Å². The summed E-state index contributed by atoms with van der Waals surface area (Å²) in [6.07, 6.45) is 15.1. The Hall–Kier alpha value is -1.10. The van der Waals surface area contributed by atoms with E-state index in [1.165, 1.54) is 57.8 Å². The molecule has 5 heteroatoms. The van der Waals surface area contributed by atoms with Crippen molar-refractivity contribution in [1.29, 1.82) is 0 Å². The van der Waals surface area contributed by atoms with E-state index in [-0.39, 0.29) is 11.9 Å². The predicted molar refractivity (Wildman–Crippen MR) is 97.1 cm³/mol. The zero-order valence-corrected chi connectivity index (χ0v) is 15.3. The van der Waals surface area contributed by atoms with Crippen LogP contribution in [0.2, 0.25) is 0 Å². The van der Waals surface area contributed by atoms with Crippen molar-refractivity contribution in [2.75, 3.05) is 6.54 Å². The van der Waals surface area contributed by atoms with Crippen molar-refractivity contribution in [2.45, 2.75) is 102 Å². The van der Waals surface area contributed by atoms with Gasteiger partial charge in [-0.2, -0.15) is 0 Å². The number of carboxylic acid groups (broad SMARTS) is 1. The first-order chi connectivity index (χ1) is 11.6. The molecular formula is C19H36N2O3. The third-order valence-electron chi connectivity index (χ3n) is 4.80. The van der Waals surface area contributed by atoms with Gasteiger partial charge in [0.05, 0.1) is 0 Å². The average Bonchev–Trinajstić information content (AvgIpc) is 3.01. The Morgan fingerprint density at radius 3 is 2.00 bits per heavy atom. The van der Waals surface area contributed by atoms with Gasteiger partial charge in [-0.1, -0.05) is 71.1 Å². The summed E-state index contributed by atoms with van der Waals surface area (Å²) in [5.74, 6) is -0.777. The van der Waals surface area contributed by atoms with Crippen LogP contribution in [0.3, 0.4) is 0 Å². The van der Waals surface area contributed by atoms with Crippen molar-refractivity contribution in [1.82, 2.24) is 10.6 Å². The van der Waals surface area contributed by atoms with E-state index >= 15 is 0 Å². The molecule has 0 aromatic carbocycles. The summed E-state index contributed by atoms with van der Waals surface area (Å²) in [7, 11) is 0. The van der Waals surface area contributed by atoms with Crippen LogP contribution in [0.1, 0.15) is 90.4 Å². The van der Waals surface area contributed by atoms with Gasteiger partial charge in [-0.15, -0.1) is 0 Å². The highest BCUT2D eigenvalue weighted by Crippen LogP contribution is 2.12. The van der Waals surface area contributed by atoms with Crippen LogP contribution >= 0.6 is 0 Å². The molecule has 0 aromatic rings. The average molecular weight is 341 g/mol. The quantitative estimate of drug-likeness (QED) is 0.422. The highest BCUT2D eigenvalue weighted by atomic mass is 16.4. The van der Waals surface area contributed by atoms with Gasteiger partial charge in [-0.25, -0.2) is 0 Å². The summed E-state index contributed by atoms with van der Waals surface area (Å²) >= 11 is 0. The van der Waals surface area contributed by atoms with E-state index in [9.17, 15) is 9.59 Å². The van der Waals surface area contributed by atoms with Gasteiger partial charge >= 0.3 is 5.97 Å². The topological polar surface area (TPSA) is 78.4 Å². The number of amides is 1. The van der Waals surface area contributed by atoms with Crippen LogP contribution in [0.15, 0.2) is 0 Å². The number of hydrogen-bond acceptors (Lipinski definition) is 3. The highest BCUT2D eigenvalue weighted by Gasteiger charge is 2.29. The van der Waals surface area contributed by atoms with E-state index in [0.717, 1.165) is 12.8 Å². The molecule has 5 nitrogen and oxygen atoms in total. The third kappa shape index (κ3) is 9.91. The van der Waals surface area contributed by atoms with Crippen LogP contribution in [-0.4, -0.2) is 35.6 Å². The molecule has 140 valence electrons. The summed E-state index contributed by atoms with van der Waals surface area (Å²) in [5, 5.41) is 14.7. The number of aliphatic carboxylic acids is 1. The van der Waals surface area contributed by atoms with Crippen molar-refractivity contribution in [3.8, 4) is 0 Å². The third-order valence-corrected chi connectivity index (χ3v) is 4.80. The minimum absolute atomic E-state index is 0.0358. The number of unbranched alkanes of at least 4 members (excludes halogenated alkanes) is 10. The molecule has 1 rings (SSSR count). The Balaban J connectivity index is 1.87. The first-order valence-electron chi connectivity index (χ1n) is 9.89. The lowest BCUT2D eigenvalue weighted by Crippen LogP contribution is -2.35. The second-order valence-electron chi connectivity index (χ2n) is 7.08. The van der Waals surface area contributed by atoms with Crippen LogP contribution in [-0.2, 0) is 9.59 Å². The minimum Gasteiger partial charge on any atom is -0.480 e. The van der Waals surface area contributed by atoms with E-state index in [4.69, 9.17) is 5.11 Å². The molecule has 1 amide bonds. The van der Waals surface area contributed by atoms with E-state index in [2.05, 4.69) is 17.6 Å². The van der Waals surface area contributed by atoms with Gasteiger partial charge in [-0.05, 0) is 12.8 Å². The number of nitrogens with one attached hydrogen (secondary N) is 2. The van der Waals surface area contributed by atoms with Crippen LogP contribution in [0.4, 0.5) is 0 Å². The minimum atomic E-state index is -0.836. The molecule has 1 saturated heterocycles. The second kappa shape index (κ2) is 13.2. The Labute approximate surface area is 147 Å². The molecule has 0 saturated carbocycles. The molecule has 0 unspecified atom stereocenters. The molecule has 0 aliphatic carbocycles. The van der Waals surface area contributed by atoms with Crippen LogP contribution in [0.25, 0.3) is 0 Å². The van der Waals surface area contributed by atoms with Gasteiger partial charge in [0.15, 0.2) is 0 Å². The number of carboxylic acids is 1. The maximum Gasteiger partial charge on any atom is 0.320 e. The summed E-state index contributed by atoms with van der Waals surface area (Å²) < 4.78 is 0. The Morgan fingerprint density at radius 1 is 0.958 bits per heavy atom. The summed E-state index contributed by atoms with van der Waals surface area (Å²) in [5.41, 5.74) is 0. The molecule has 2 atom stereocenters. The Morgan fingerprint density at radius 2 is 1.50 bits per heavy atom. The van der Waals surface area contributed by atoms with E-state index in [1.54, 1.807) is 0 Å². The van der Waals surface area contributed by atoms with Gasteiger partial charge < -0.3 is 15.7 Å². The molecule has 0 aromatic heterocycles. The normalized spacial score (nSPS) is 20.2. The van der Waals surface area contributed by atoms with Gasteiger partial charge in [-0.3, -0.25) is 9.59 Å². The molecular weight excluding hydrogens is 304 g/mol. The number of carbonyl (C=O) groups excluding carboxylic acids is 1. The number of hydrogen-bond donors (Lipinski definition) is 3. The fourth-order valence-corrected chi connectivity index (χ4v) is 3.28. The van der Waals surface area contributed by atoms with Crippen LogP contribution in [0, 0.1) is 0 Å². The summed E-state index contributed by atoms with van der Waals surface area (Å²) in [4.78, 5) is 22.7. The largest absolute Gasteiger partial charge is 0.480 e. The number of carbonyl (C=O) groups is 2.